The molecule has 1 heterocycles. The van der Waals surface area contributed by atoms with E-state index in [-0.39, 0.29) is 16.4 Å². The van der Waals surface area contributed by atoms with Gasteiger partial charge in [-0.2, -0.15) is 5.26 Å². The second kappa shape index (κ2) is 9.09. The quantitative estimate of drug-likeness (QED) is 0.447. The first-order chi connectivity index (χ1) is 14.0. The molecule has 0 atom stereocenters. The number of carbonyl (C=O) groups is 1. The molecule has 1 saturated heterocycles. The lowest BCUT2D eigenvalue weighted by Crippen LogP contribution is -2.37. The largest absolute Gasteiger partial charge is 0.378 e. The molecule has 0 bridgehead atoms. The van der Waals surface area contributed by atoms with Crippen LogP contribution in [0, 0.1) is 21.4 Å². The molecule has 29 heavy (non-hydrogen) atoms. The van der Waals surface area contributed by atoms with E-state index in [9.17, 15) is 14.9 Å². The number of benzene rings is 2. The summed E-state index contributed by atoms with van der Waals surface area (Å²) in [5, 5.41) is 25.9. The fourth-order valence-corrected chi connectivity index (χ4v) is 3.10. The van der Waals surface area contributed by atoms with E-state index in [1.165, 1.54) is 12.1 Å². The lowest BCUT2D eigenvalue weighted by atomic mass is 10.1. The molecule has 1 fully saturated rings. The Hall–Kier alpha value is -3.55. The summed E-state index contributed by atoms with van der Waals surface area (Å²) >= 11 is 5.12. The maximum Gasteiger partial charge on any atom is 0.293 e. The number of nitriles is 1. The highest BCUT2D eigenvalue weighted by Gasteiger charge is 2.23. The fraction of sp³-hybridized carbons (Fsp3) is 0.211. The highest BCUT2D eigenvalue weighted by atomic mass is 32.1. The minimum Gasteiger partial charge on any atom is -0.378 e. The Labute approximate surface area is 172 Å². The number of amides is 1. The average Bonchev–Trinajstić information content (AvgIpc) is 2.74. The van der Waals surface area contributed by atoms with Gasteiger partial charge in [0.2, 0.25) is 0 Å². The summed E-state index contributed by atoms with van der Waals surface area (Å²) in [6.07, 6.45) is 0. The summed E-state index contributed by atoms with van der Waals surface area (Å²) < 4.78 is 5.28. The second-order valence-corrected chi connectivity index (χ2v) is 6.53. The van der Waals surface area contributed by atoms with Gasteiger partial charge in [0.25, 0.3) is 11.6 Å². The van der Waals surface area contributed by atoms with Crippen LogP contribution in [0.15, 0.2) is 42.5 Å². The zero-order chi connectivity index (χ0) is 20.8. The molecule has 2 N–H and O–H groups in total. The van der Waals surface area contributed by atoms with Crippen LogP contribution in [-0.4, -0.2) is 42.2 Å². The topological polar surface area (TPSA) is 121 Å². The number of nitrogens with zero attached hydrogens (tertiary/aromatic N) is 3. The van der Waals surface area contributed by atoms with E-state index in [4.69, 9.17) is 22.2 Å². The fourth-order valence-electron chi connectivity index (χ4n) is 2.90. The molecule has 0 unspecified atom stereocenters. The SMILES string of the molecule is N#Cc1ccccc1NC(=S)NC(=O)c1ccc(N2CCOCC2)c([N+](=O)[O-])c1. The Morgan fingerprint density at radius 1 is 1.24 bits per heavy atom. The van der Waals surface area contributed by atoms with Crippen LogP contribution in [0.2, 0.25) is 0 Å². The van der Waals surface area contributed by atoms with Crippen molar-refractivity contribution in [2.75, 3.05) is 36.5 Å². The van der Waals surface area contributed by atoms with E-state index in [1.54, 1.807) is 30.3 Å². The Bertz CT molecular complexity index is 998. The van der Waals surface area contributed by atoms with Crippen molar-refractivity contribution in [2.45, 2.75) is 0 Å². The minimum absolute atomic E-state index is 0.0161. The summed E-state index contributed by atoms with van der Waals surface area (Å²) in [5.41, 5.74) is 1.21. The van der Waals surface area contributed by atoms with Crippen LogP contribution >= 0.6 is 12.2 Å². The number of morpholine rings is 1. The van der Waals surface area contributed by atoms with E-state index < -0.39 is 10.8 Å². The molecule has 2 aromatic rings. The Balaban J connectivity index is 1.75. The van der Waals surface area contributed by atoms with Crippen molar-refractivity contribution in [2.24, 2.45) is 0 Å². The van der Waals surface area contributed by atoms with E-state index in [0.29, 0.717) is 43.2 Å². The lowest BCUT2D eigenvalue weighted by Gasteiger charge is -2.28. The molecular formula is C19H17N5O4S. The second-order valence-electron chi connectivity index (χ2n) is 6.13. The van der Waals surface area contributed by atoms with Crippen molar-refractivity contribution in [1.29, 1.82) is 5.26 Å². The number of nitrogens with one attached hydrogen (secondary N) is 2. The van der Waals surface area contributed by atoms with Crippen molar-refractivity contribution in [3.63, 3.8) is 0 Å². The number of ether oxygens (including phenoxy) is 1. The highest BCUT2D eigenvalue weighted by molar-refractivity contribution is 7.80. The highest BCUT2D eigenvalue weighted by Crippen LogP contribution is 2.30. The van der Waals surface area contributed by atoms with Crippen LogP contribution in [0.4, 0.5) is 17.1 Å². The third-order valence-corrected chi connectivity index (χ3v) is 4.51. The number of carbonyl (C=O) groups excluding carboxylic acids is 1. The van der Waals surface area contributed by atoms with Gasteiger partial charge in [0.15, 0.2) is 5.11 Å². The molecule has 1 aliphatic rings. The van der Waals surface area contributed by atoms with Crippen LogP contribution in [0.5, 0.6) is 0 Å². The number of hydrogen-bond acceptors (Lipinski definition) is 7. The van der Waals surface area contributed by atoms with E-state index >= 15 is 0 Å². The summed E-state index contributed by atoms with van der Waals surface area (Å²) in [5.74, 6) is -0.589. The Kier molecular flexibility index (Phi) is 6.33. The number of hydrogen-bond donors (Lipinski definition) is 2. The van der Waals surface area contributed by atoms with Crippen molar-refractivity contribution < 1.29 is 14.5 Å². The standard InChI is InChI=1S/C19H17N5O4S/c20-12-14-3-1-2-4-15(14)21-19(29)22-18(25)13-5-6-16(17(11-13)24(26)27)23-7-9-28-10-8-23/h1-6,11H,7-10H2,(H2,21,22,25,29). The third-order valence-electron chi connectivity index (χ3n) is 4.31. The Morgan fingerprint density at radius 2 is 1.97 bits per heavy atom. The van der Waals surface area contributed by atoms with Crippen LogP contribution in [-0.2, 0) is 4.74 Å². The first-order valence-electron chi connectivity index (χ1n) is 8.72. The maximum atomic E-state index is 12.5. The molecule has 2 aromatic carbocycles. The first-order valence-corrected chi connectivity index (χ1v) is 9.13. The predicted molar refractivity (Wildman–Crippen MR) is 111 cm³/mol. The molecule has 3 rings (SSSR count). The zero-order valence-corrected chi connectivity index (χ0v) is 16.1. The van der Waals surface area contributed by atoms with Crippen molar-refractivity contribution in [3.8, 4) is 6.07 Å². The summed E-state index contributed by atoms with van der Waals surface area (Å²) in [4.78, 5) is 25.4. The summed E-state index contributed by atoms with van der Waals surface area (Å²) in [6.45, 7) is 2.06. The number of thiocarbonyl (C=S) groups is 1. The molecule has 0 radical (unpaired) electrons. The van der Waals surface area contributed by atoms with Crippen molar-refractivity contribution in [3.05, 3.63) is 63.7 Å². The number of rotatable bonds is 4. The van der Waals surface area contributed by atoms with Crippen LogP contribution in [0.25, 0.3) is 0 Å². The van der Waals surface area contributed by atoms with E-state index in [1.807, 2.05) is 11.0 Å². The number of nitro benzene ring substituents is 1. The molecule has 0 saturated carbocycles. The normalized spacial score (nSPS) is 13.3. The minimum atomic E-state index is -0.589. The van der Waals surface area contributed by atoms with Gasteiger partial charge < -0.3 is 15.0 Å². The van der Waals surface area contributed by atoms with Gasteiger partial charge in [-0.15, -0.1) is 0 Å². The van der Waals surface area contributed by atoms with Gasteiger partial charge in [-0.3, -0.25) is 20.2 Å². The summed E-state index contributed by atoms with van der Waals surface area (Å²) in [6, 6.07) is 13.0. The van der Waals surface area contributed by atoms with E-state index in [2.05, 4.69) is 10.6 Å². The molecule has 1 aliphatic heterocycles. The number of nitro groups is 1. The molecule has 0 aliphatic carbocycles. The Morgan fingerprint density at radius 3 is 2.66 bits per heavy atom. The van der Waals surface area contributed by atoms with Crippen LogP contribution < -0.4 is 15.5 Å². The third kappa shape index (κ3) is 4.84. The number of para-hydroxylation sites is 1. The van der Waals surface area contributed by atoms with Crippen molar-refractivity contribution >= 4 is 40.3 Å². The van der Waals surface area contributed by atoms with Gasteiger partial charge in [-0.25, -0.2) is 0 Å². The molecule has 1 amide bonds. The van der Waals surface area contributed by atoms with Crippen LogP contribution in [0.3, 0.4) is 0 Å². The van der Waals surface area contributed by atoms with Gasteiger partial charge >= 0.3 is 0 Å². The van der Waals surface area contributed by atoms with Crippen molar-refractivity contribution in [1.82, 2.24) is 5.32 Å². The van der Waals surface area contributed by atoms with Gasteiger partial charge in [-0.1, -0.05) is 12.1 Å². The predicted octanol–water partition coefficient (Wildman–Crippen LogP) is 2.43. The molecule has 0 spiro atoms. The smallest absolute Gasteiger partial charge is 0.293 e. The maximum absolute atomic E-state index is 12.5. The number of anilines is 2. The van der Waals surface area contributed by atoms with Gasteiger partial charge in [0, 0.05) is 24.7 Å². The molecular weight excluding hydrogens is 394 g/mol. The summed E-state index contributed by atoms with van der Waals surface area (Å²) in [7, 11) is 0. The van der Waals surface area contributed by atoms with Crippen LogP contribution in [0.1, 0.15) is 15.9 Å². The monoisotopic (exact) mass is 411 g/mol. The molecule has 9 nitrogen and oxygen atoms in total. The molecule has 0 aromatic heterocycles. The molecule has 148 valence electrons. The average molecular weight is 411 g/mol. The van der Waals surface area contributed by atoms with E-state index in [0.717, 1.165) is 0 Å². The lowest BCUT2D eigenvalue weighted by molar-refractivity contribution is -0.384. The van der Waals surface area contributed by atoms with Gasteiger partial charge in [0.1, 0.15) is 11.8 Å². The first kappa shape index (κ1) is 20.2. The zero-order valence-electron chi connectivity index (χ0n) is 15.3. The van der Waals surface area contributed by atoms with Gasteiger partial charge in [0.05, 0.1) is 29.4 Å². The van der Waals surface area contributed by atoms with Gasteiger partial charge in [-0.05, 0) is 36.5 Å². The molecule has 10 heteroatoms.